The van der Waals surface area contributed by atoms with Crippen LogP contribution in [-0.4, -0.2) is 18.5 Å². The molecule has 0 radical (unpaired) electrons. The summed E-state index contributed by atoms with van der Waals surface area (Å²) in [5, 5.41) is 0. The van der Waals surface area contributed by atoms with Crippen LogP contribution in [0.15, 0.2) is 0 Å². The van der Waals surface area contributed by atoms with Gasteiger partial charge >= 0.3 is 0 Å². The highest BCUT2D eigenvalue weighted by Crippen LogP contribution is 2.22. The second-order valence-corrected chi connectivity index (χ2v) is 3.71. The van der Waals surface area contributed by atoms with Crippen LogP contribution in [0.3, 0.4) is 0 Å². The molecule has 0 heterocycles. The molecule has 12 heavy (non-hydrogen) atoms. The first kappa shape index (κ1) is 11.6. The minimum absolute atomic E-state index is 0.116. The zero-order chi connectivity index (χ0) is 9.78. The van der Waals surface area contributed by atoms with Gasteiger partial charge in [0.15, 0.2) is 5.78 Å². The summed E-state index contributed by atoms with van der Waals surface area (Å²) in [5.41, 5.74) is -0.574. The Hall–Kier alpha value is -0.370. The predicted molar refractivity (Wildman–Crippen MR) is 50.2 cm³/mol. The number of carbonyl (C=O) groups excluding carboxylic acids is 1. The zero-order valence-electron chi connectivity index (χ0n) is 8.81. The van der Waals surface area contributed by atoms with Crippen LogP contribution in [0.25, 0.3) is 0 Å². The highest BCUT2D eigenvalue weighted by atomic mass is 16.5. The van der Waals surface area contributed by atoms with E-state index in [2.05, 4.69) is 13.8 Å². The molecule has 2 nitrogen and oxygen atoms in total. The number of rotatable bonds is 5. The van der Waals surface area contributed by atoms with Crippen molar-refractivity contribution in [3.63, 3.8) is 0 Å². The largest absolute Gasteiger partial charge is 0.371 e. The van der Waals surface area contributed by atoms with Crippen LogP contribution in [0.2, 0.25) is 0 Å². The van der Waals surface area contributed by atoms with Gasteiger partial charge in [-0.2, -0.15) is 0 Å². The number of hydrogen-bond donors (Lipinski definition) is 0. The normalized spacial score (nSPS) is 18.4. The fraction of sp³-hybridized carbons (Fsp3) is 0.900. The van der Waals surface area contributed by atoms with E-state index in [1.807, 2.05) is 6.92 Å². The maximum absolute atomic E-state index is 11.2. The molecule has 0 amide bonds. The Morgan fingerprint density at radius 3 is 2.33 bits per heavy atom. The Morgan fingerprint density at radius 2 is 2.08 bits per heavy atom. The lowest BCUT2D eigenvalue weighted by atomic mass is 9.88. The van der Waals surface area contributed by atoms with Crippen LogP contribution >= 0.6 is 0 Å². The molecular weight excluding hydrogens is 152 g/mol. The molecule has 0 aromatic carbocycles. The quantitative estimate of drug-likeness (QED) is 0.636. The molecule has 0 saturated carbocycles. The number of Topliss-reactive ketones (excluding diaryl/α,β-unsaturated/α-hetero) is 1. The molecule has 0 spiro atoms. The Morgan fingerprint density at radius 1 is 1.58 bits per heavy atom. The Balaban J connectivity index is 4.23. The third kappa shape index (κ3) is 2.94. The van der Waals surface area contributed by atoms with Gasteiger partial charge in [-0.3, -0.25) is 4.79 Å². The van der Waals surface area contributed by atoms with Crippen molar-refractivity contribution in [2.75, 3.05) is 7.11 Å². The first-order valence-electron chi connectivity index (χ1n) is 4.52. The van der Waals surface area contributed by atoms with E-state index in [-0.39, 0.29) is 5.78 Å². The van der Waals surface area contributed by atoms with Crippen molar-refractivity contribution in [1.29, 1.82) is 0 Å². The molecule has 0 aliphatic heterocycles. The first-order valence-corrected chi connectivity index (χ1v) is 4.52. The summed E-state index contributed by atoms with van der Waals surface area (Å²) in [6.45, 7) is 7.72. The highest BCUT2D eigenvalue weighted by molar-refractivity contribution is 5.84. The van der Waals surface area contributed by atoms with Crippen molar-refractivity contribution in [3.8, 4) is 0 Å². The molecular formula is C10H20O2. The van der Waals surface area contributed by atoms with E-state index in [0.717, 1.165) is 12.8 Å². The number of ketones is 1. The van der Waals surface area contributed by atoms with Gasteiger partial charge in [0, 0.05) is 7.11 Å². The fourth-order valence-corrected chi connectivity index (χ4v) is 1.18. The lowest BCUT2D eigenvalue weighted by molar-refractivity contribution is -0.138. The van der Waals surface area contributed by atoms with Gasteiger partial charge in [-0.05, 0) is 26.2 Å². The van der Waals surface area contributed by atoms with Crippen LogP contribution in [-0.2, 0) is 9.53 Å². The molecule has 0 rings (SSSR count). The highest BCUT2D eigenvalue weighted by Gasteiger charge is 2.30. The van der Waals surface area contributed by atoms with E-state index >= 15 is 0 Å². The molecule has 0 aromatic rings. The summed E-state index contributed by atoms with van der Waals surface area (Å²) in [4.78, 5) is 11.2. The monoisotopic (exact) mass is 172 g/mol. The summed E-state index contributed by atoms with van der Waals surface area (Å²) in [6.07, 6.45) is 1.90. The standard InChI is InChI=1S/C10H20O2/c1-6-8(2)7-10(4,12-5)9(3)11/h8H,6-7H2,1-5H3. The molecule has 2 unspecified atom stereocenters. The summed E-state index contributed by atoms with van der Waals surface area (Å²) in [5.74, 6) is 0.657. The maximum Gasteiger partial charge on any atom is 0.161 e. The van der Waals surface area contributed by atoms with Crippen molar-refractivity contribution >= 4 is 5.78 Å². The van der Waals surface area contributed by atoms with Crippen molar-refractivity contribution in [3.05, 3.63) is 0 Å². The van der Waals surface area contributed by atoms with E-state index in [9.17, 15) is 4.79 Å². The van der Waals surface area contributed by atoms with Crippen LogP contribution in [0.1, 0.15) is 40.5 Å². The summed E-state index contributed by atoms with van der Waals surface area (Å²) in [7, 11) is 1.60. The van der Waals surface area contributed by atoms with Gasteiger partial charge in [0.2, 0.25) is 0 Å². The van der Waals surface area contributed by atoms with Crippen molar-refractivity contribution in [2.45, 2.75) is 46.1 Å². The lowest BCUT2D eigenvalue weighted by Gasteiger charge is -2.27. The summed E-state index contributed by atoms with van der Waals surface area (Å²) >= 11 is 0. The molecule has 2 heteroatoms. The maximum atomic E-state index is 11.2. The first-order chi connectivity index (χ1) is 5.46. The minimum Gasteiger partial charge on any atom is -0.371 e. The lowest BCUT2D eigenvalue weighted by Crippen LogP contribution is -2.37. The average Bonchev–Trinajstić information content (AvgIpc) is 2.03. The molecule has 72 valence electrons. The minimum atomic E-state index is -0.574. The van der Waals surface area contributed by atoms with Crippen molar-refractivity contribution in [1.82, 2.24) is 0 Å². The van der Waals surface area contributed by atoms with Gasteiger partial charge in [0.1, 0.15) is 5.60 Å². The molecule has 0 aliphatic rings. The van der Waals surface area contributed by atoms with Crippen molar-refractivity contribution < 1.29 is 9.53 Å². The molecule has 0 aromatic heterocycles. The van der Waals surface area contributed by atoms with Gasteiger partial charge < -0.3 is 4.74 Å². The summed E-state index contributed by atoms with van der Waals surface area (Å²) in [6, 6.07) is 0. The van der Waals surface area contributed by atoms with Crippen LogP contribution < -0.4 is 0 Å². The van der Waals surface area contributed by atoms with E-state index in [1.54, 1.807) is 14.0 Å². The van der Waals surface area contributed by atoms with Crippen molar-refractivity contribution in [2.24, 2.45) is 5.92 Å². The number of carbonyl (C=O) groups is 1. The fourth-order valence-electron chi connectivity index (χ4n) is 1.18. The van der Waals surface area contributed by atoms with Gasteiger partial charge in [0.05, 0.1) is 0 Å². The van der Waals surface area contributed by atoms with Gasteiger partial charge in [-0.15, -0.1) is 0 Å². The van der Waals surface area contributed by atoms with E-state index in [4.69, 9.17) is 4.74 Å². The topological polar surface area (TPSA) is 26.3 Å². The van der Waals surface area contributed by atoms with Gasteiger partial charge in [-0.1, -0.05) is 20.3 Å². The second-order valence-electron chi connectivity index (χ2n) is 3.71. The molecule has 0 fully saturated rings. The van der Waals surface area contributed by atoms with Crippen LogP contribution in [0.5, 0.6) is 0 Å². The van der Waals surface area contributed by atoms with Crippen LogP contribution in [0, 0.1) is 5.92 Å². The summed E-state index contributed by atoms with van der Waals surface area (Å²) < 4.78 is 5.22. The van der Waals surface area contributed by atoms with Gasteiger partial charge in [-0.25, -0.2) is 0 Å². The SMILES string of the molecule is CCC(C)CC(C)(OC)C(C)=O. The third-order valence-corrected chi connectivity index (χ3v) is 2.63. The third-order valence-electron chi connectivity index (χ3n) is 2.63. The molecule has 0 aliphatic carbocycles. The number of ether oxygens (including phenoxy) is 1. The Bertz CT molecular complexity index is 154. The van der Waals surface area contributed by atoms with Gasteiger partial charge in [0.25, 0.3) is 0 Å². The number of methoxy groups -OCH3 is 1. The predicted octanol–water partition coefficient (Wildman–Crippen LogP) is 2.42. The van der Waals surface area contributed by atoms with Crippen LogP contribution in [0.4, 0.5) is 0 Å². The number of hydrogen-bond acceptors (Lipinski definition) is 2. The van der Waals surface area contributed by atoms with E-state index in [0.29, 0.717) is 5.92 Å². The van der Waals surface area contributed by atoms with E-state index in [1.165, 1.54) is 0 Å². The smallest absolute Gasteiger partial charge is 0.161 e. The molecule has 2 atom stereocenters. The average molecular weight is 172 g/mol. The molecule has 0 bridgehead atoms. The molecule has 0 saturated heterocycles. The van der Waals surface area contributed by atoms with E-state index < -0.39 is 5.60 Å². The molecule has 0 N–H and O–H groups in total. The Labute approximate surface area is 75.3 Å². The Kier molecular flexibility index (Phi) is 4.46. The zero-order valence-corrected chi connectivity index (χ0v) is 8.81. The second kappa shape index (κ2) is 4.61.